The Balaban J connectivity index is 1.12. The average Bonchev–Trinajstić information content (AvgIpc) is 3.61. The third kappa shape index (κ3) is 6.06. The number of nitrogens with zero attached hydrogens (tertiary/aromatic N) is 4. The molecule has 10 aromatic rings. The predicted molar refractivity (Wildman–Crippen MR) is 227 cm³/mol. The number of benzene rings is 8. The Labute approximate surface area is 319 Å². The maximum absolute atomic E-state index is 4.99. The van der Waals surface area contributed by atoms with Crippen molar-refractivity contribution < 1.29 is 0 Å². The molecular weight excluding hydrogens is 669 g/mol. The second-order valence-electron chi connectivity index (χ2n) is 13.7. The Morgan fingerprint density at radius 1 is 0.291 bits per heavy atom. The van der Waals surface area contributed by atoms with Gasteiger partial charge in [0.15, 0.2) is 17.5 Å². The van der Waals surface area contributed by atoms with Crippen LogP contribution in [0.2, 0.25) is 0 Å². The van der Waals surface area contributed by atoms with Gasteiger partial charge in [-0.05, 0) is 75.8 Å². The molecule has 2 aromatic heterocycles. The van der Waals surface area contributed by atoms with Gasteiger partial charge >= 0.3 is 0 Å². The Kier molecular flexibility index (Phi) is 8.12. The summed E-state index contributed by atoms with van der Waals surface area (Å²) in [6.45, 7) is 0. The molecule has 0 saturated carbocycles. The van der Waals surface area contributed by atoms with Crippen LogP contribution in [-0.4, -0.2) is 19.5 Å². The molecule has 2 heterocycles. The van der Waals surface area contributed by atoms with E-state index in [1.54, 1.807) is 0 Å². The summed E-state index contributed by atoms with van der Waals surface area (Å²) in [4.78, 5) is 14.9. The van der Waals surface area contributed by atoms with Crippen LogP contribution in [0.3, 0.4) is 0 Å². The van der Waals surface area contributed by atoms with E-state index < -0.39 is 0 Å². The molecule has 10 rings (SSSR count). The first-order valence-electron chi connectivity index (χ1n) is 18.5. The smallest absolute Gasteiger partial charge is 0.164 e. The lowest BCUT2D eigenvalue weighted by Crippen LogP contribution is -2.00. The van der Waals surface area contributed by atoms with Crippen molar-refractivity contribution in [2.75, 3.05) is 0 Å². The van der Waals surface area contributed by atoms with Crippen LogP contribution in [0.1, 0.15) is 0 Å². The highest BCUT2D eigenvalue weighted by atomic mass is 15.0. The van der Waals surface area contributed by atoms with E-state index in [2.05, 4.69) is 150 Å². The quantitative estimate of drug-likeness (QED) is 0.166. The summed E-state index contributed by atoms with van der Waals surface area (Å²) in [6, 6.07) is 72.4. The normalized spacial score (nSPS) is 11.3. The molecule has 0 saturated heterocycles. The van der Waals surface area contributed by atoms with Crippen LogP contribution in [0.25, 0.3) is 95.0 Å². The van der Waals surface area contributed by atoms with E-state index in [9.17, 15) is 0 Å². The van der Waals surface area contributed by atoms with Gasteiger partial charge in [0.25, 0.3) is 0 Å². The van der Waals surface area contributed by atoms with Gasteiger partial charge in [0.05, 0.1) is 11.0 Å². The lowest BCUT2D eigenvalue weighted by atomic mass is 9.93. The number of para-hydroxylation sites is 2. The Morgan fingerprint density at radius 3 is 1.33 bits per heavy atom. The van der Waals surface area contributed by atoms with Crippen LogP contribution in [0, 0.1) is 0 Å². The highest BCUT2D eigenvalue weighted by Crippen LogP contribution is 2.42. The molecular formula is C51H34N4. The molecule has 0 aliphatic heterocycles. The zero-order valence-corrected chi connectivity index (χ0v) is 29.9. The third-order valence-electron chi connectivity index (χ3n) is 10.2. The average molecular weight is 703 g/mol. The first-order valence-corrected chi connectivity index (χ1v) is 18.5. The molecule has 0 unspecified atom stereocenters. The van der Waals surface area contributed by atoms with E-state index in [0.717, 1.165) is 44.6 Å². The number of fused-ring (bicyclic) bond motifs is 3. The summed E-state index contributed by atoms with van der Waals surface area (Å²) in [5.41, 5.74) is 13.2. The molecule has 8 aromatic carbocycles. The van der Waals surface area contributed by atoms with Crippen molar-refractivity contribution in [1.82, 2.24) is 19.5 Å². The van der Waals surface area contributed by atoms with Crippen molar-refractivity contribution in [1.29, 1.82) is 0 Å². The number of aromatic nitrogens is 4. The lowest BCUT2D eigenvalue weighted by Gasteiger charge is -2.13. The van der Waals surface area contributed by atoms with Crippen molar-refractivity contribution in [3.63, 3.8) is 0 Å². The second kappa shape index (κ2) is 13.8. The van der Waals surface area contributed by atoms with E-state index in [-0.39, 0.29) is 0 Å². The predicted octanol–water partition coefficient (Wildman–Crippen LogP) is 13.0. The molecule has 0 atom stereocenters. The summed E-state index contributed by atoms with van der Waals surface area (Å²) in [7, 11) is 0. The van der Waals surface area contributed by atoms with Gasteiger partial charge < -0.3 is 4.57 Å². The fourth-order valence-electron chi connectivity index (χ4n) is 7.62. The fourth-order valence-corrected chi connectivity index (χ4v) is 7.62. The second-order valence-corrected chi connectivity index (χ2v) is 13.7. The van der Waals surface area contributed by atoms with Crippen molar-refractivity contribution in [2.45, 2.75) is 0 Å². The van der Waals surface area contributed by atoms with Gasteiger partial charge in [-0.25, -0.2) is 15.0 Å². The van der Waals surface area contributed by atoms with Crippen LogP contribution < -0.4 is 0 Å². The van der Waals surface area contributed by atoms with Gasteiger partial charge in [0.1, 0.15) is 0 Å². The highest BCUT2D eigenvalue weighted by molar-refractivity contribution is 6.17. The molecule has 0 aliphatic rings. The molecule has 258 valence electrons. The zero-order valence-electron chi connectivity index (χ0n) is 29.9. The Bertz CT molecular complexity index is 2900. The number of hydrogen-bond donors (Lipinski definition) is 0. The summed E-state index contributed by atoms with van der Waals surface area (Å²) in [6.07, 6.45) is 0. The maximum atomic E-state index is 4.99. The number of rotatable bonds is 7. The maximum Gasteiger partial charge on any atom is 0.164 e. The van der Waals surface area contributed by atoms with E-state index in [4.69, 9.17) is 15.0 Å². The molecule has 4 nitrogen and oxygen atoms in total. The molecule has 0 spiro atoms. The van der Waals surface area contributed by atoms with E-state index in [1.807, 2.05) is 60.7 Å². The van der Waals surface area contributed by atoms with Crippen molar-refractivity contribution >= 4 is 21.8 Å². The molecule has 0 fully saturated rings. The topological polar surface area (TPSA) is 43.6 Å². The van der Waals surface area contributed by atoms with Gasteiger partial charge in [-0.1, -0.05) is 164 Å². The molecule has 0 aliphatic carbocycles. The summed E-state index contributed by atoms with van der Waals surface area (Å²) in [5.74, 6) is 1.93. The Morgan fingerprint density at radius 2 is 0.727 bits per heavy atom. The molecule has 0 bridgehead atoms. The third-order valence-corrected chi connectivity index (χ3v) is 10.2. The van der Waals surface area contributed by atoms with Crippen molar-refractivity contribution in [2.24, 2.45) is 0 Å². The van der Waals surface area contributed by atoms with Crippen molar-refractivity contribution in [3.8, 4) is 73.2 Å². The molecule has 4 heteroatoms. The van der Waals surface area contributed by atoms with Crippen LogP contribution >= 0.6 is 0 Å². The highest BCUT2D eigenvalue weighted by Gasteiger charge is 2.19. The SMILES string of the molecule is c1ccc(-c2nc(-c3ccccc3)nc(-c3cccc(-c4cccc(-c5cc(-c6ccccc6)c6c7ccccc7n(-c7ccccc7)c6c5)c4)c3)n2)cc1. The monoisotopic (exact) mass is 702 g/mol. The van der Waals surface area contributed by atoms with Gasteiger partial charge in [0, 0.05) is 33.2 Å². The zero-order chi connectivity index (χ0) is 36.6. The lowest BCUT2D eigenvalue weighted by molar-refractivity contribution is 1.07. The minimum atomic E-state index is 0.636. The minimum absolute atomic E-state index is 0.636. The Hall–Kier alpha value is -7.43. The number of hydrogen-bond acceptors (Lipinski definition) is 3. The molecule has 0 amide bonds. The standard InChI is InChI=1S/C51H34N4/c1-5-17-35(18-6-1)45-33-42(34-47-48(45)44-29-13-14-30-46(44)55(47)43-27-11-4-12-28-43)40-25-15-23-38(31-40)39-24-16-26-41(32-39)51-53-49(36-19-7-2-8-20-36)52-50(54-51)37-21-9-3-10-22-37/h1-34H. The minimum Gasteiger partial charge on any atom is -0.309 e. The van der Waals surface area contributed by atoms with E-state index >= 15 is 0 Å². The van der Waals surface area contributed by atoms with Crippen LogP contribution in [0.15, 0.2) is 206 Å². The van der Waals surface area contributed by atoms with Crippen LogP contribution in [0.4, 0.5) is 0 Å². The summed E-state index contributed by atoms with van der Waals surface area (Å²) < 4.78 is 2.40. The van der Waals surface area contributed by atoms with Gasteiger partial charge in [-0.15, -0.1) is 0 Å². The summed E-state index contributed by atoms with van der Waals surface area (Å²) >= 11 is 0. The van der Waals surface area contributed by atoms with Crippen molar-refractivity contribution in [3.05, 3.63) is 206 Å². The van der Waals surface area contributed by atoms with E-state index in [1.165, 1.54) is 32.9 Å². The molecule has 55 heavy (non-hydrogen) atoms. The first-order chi connectivity index (χ1) is 27.3. The van der Waals surface area contributed by atoms with Crippen LogP contribution in [-0.2, 0) is 0 Å². The van der Waals surface area contributed by atoms with Gasteiger partial charge in [-0.3, -0.25) is 0 Å². The first kappa shape index (κ1) is 32.2. The summed E-state index contributed by atoms with van der Waals surface area (Å²) in [5, 5.41) is 2.49. The molecule has 0 radical (unpaired) electrons. The van der Waals surface area contributed by atoms with Crippen LogP contribution in [0.5, 0.6) is 0 Å². The van der Waals surface area contributed by atoms with E-state index in [0.29, 0.717) is 17.5 Å². The van der Waals surface area contributed by atoms with Gasteiger partial charge in [0.2, 0.25) is 0 Å². The van der Waals surface area contributed by atoms with Gasteiger partial charge in [-0.2, -0.15) is 0 Å². The largest absolute Gasteiger partial charge is 0.309 e. The fraction of sp³-hybridized carbons (Fsp3) is 0. The molecule has 0 N–H and O–H groups in total.